The fraction of sp³-hybridized carbons (Fsp3) is 0. The van der Waals surface area contributed by atoms with Crippen LogP contribution in [0.1, 0.15) is 20.8 Å². The molecule has 0 atom stereocenters. The van der Waals surface area contributed by atoms with Crippen molar-refractivity contribution in [3.8, 4) is 5.69 Å². The van der Waals surface area contributed by atoms with Crippen LogP contribution < -0.4 is 16.4 Å². The van der Waals surface area contributed by atoms with Crippen LogP contribution in [0, 0.1) is 4.77 Å². The molecule has 2 aromatic carbocycles. The summed E-state index contributed by atoms with van der Waals surface area (Å²) in [5, 5.41) is 0.368. The summed E-state index contributed by atoms with van der Waals surface area (Å²) in [5.74, 6) is -1.18. The number of benzene rings is 2. The molecule has 3 N–H and O–H groups in total. The average Bonchev–Trinajstić information content (AvgIpc) is 2.78. The summed E-state index contributed by atoms with van der Waals surface area (Å²) in [7, 11) is 0. The summed E-state index contributed by atoms with van der Waals surface area (Å²) in [6.07, 6.45) is 4.07. The summed E-state index contributed by atoms with van der Waals surface area (Å²) < 4.78 is 1.59. The molecule has 30 heavy (non-hydrogen) atoms. The van der Waals surface area contributed by atoms with Gasteiger partial charge >= 0.3 is 0 Å². The van der Waals surface area contributed by atoms with E-state index in [-0.39, 0.29) is 21.6 Å². The summed E-state index contributed by atoms with van der Waals surface area (Å²) in [6.45, 7) is 0. The predicted octanol–water partition coefficient (Wildman–Crippen LogP) is 1.91. The van der Waals surface area contributed by atoms with Gasteiger partial charge < -0.3 is 4.98 Å². The van der Waals surface area contributed by atoms with E-state index >= 15 is 0 Å². The molecule has 4 aromatic rings. The minimum atomic E-state index is -0.609. The standard InChI is InChI=1S/C20H14N6O3S/c27-17(24-25-18(28)16-11-21-8-9-22-16)12-6-7-14-15(10-12)23-20(30)26(19(14)29)13-4-2-1-3-5-13/h1-11H,(H,23,30)(H,24,27)(H,25,28). The number of para-hydroxylation sites is 1. The normalized spacial score (nSPS) is 10.5. The molecule has 2 amide bonds. The maximum Gasteiger partial charge on any atom is 0.289 e. The lowest BCUT2D eigenvalue weighted by molar-refractivity contribution is 0.0844. The van der Waals surface area contributed by atoms with Crippen molar-refractivity contribution in [1.29, 1.82) is 0 Å². The summed E-state index contributed by atoms with van der Waals surface area (Å²) in [5.41, 5.74) is 5.59. The van der Waals surface area contributed by atoms with Crippen molar-refractivity contribution in [2.24, 2.45) is 0 Å². The van der Waals surface area contributed by atoms with Gasteiger partial charge in [-0.15, -0.1) is 0 Å². The molecule has 9 nitrogen and oxygen atoms in total. The fourth-order valence-electron chi connectivity index (χ4n) is 2.84. The molecule has 0 unspecified atom stereocenters. The highest BCUT2D eigenvalue weighted by Crippen LogP contribution is 2.13. The van der Waals surface area contributed by atoms with Crippen molar-refractivity contribution < 1.29 is 9.59 Å². The number of rotatable bonds is 3. The van der Waals surface area contributed by atoms with E-state index < -0.39 is 11.8 Å². The first-order valence-corrected chi connectivity index (χ1v) is 9.16. The first kappa shape index (κ1) is 19.2. The van der Waals surface area contributed by atoms with Gasteiger partial charge in [-0.2, -0.15) is 0 Å². The third kappa shape index (κ3) is 3.71. The molecule has 0 saturated carbocycles. The zero-order valence-electron chi connectivity index (χ0n) is 15.3. The number of hydrogen-bond acceptors (Lipinski definition) is 6. The van der Waals surface area contributed by atoms with Crippen LogP contribution >= 0.6 is 12.2 Å². The zero-order valence-corrected chi connectivity index (χ0v) is 16.1. The first-order chi connectivity index (χ1) is 14.5. The lowest BCUT2D eigenvalue weighted by Crippen LogP contribution is -2.42. The van der Waals surface area contributed by atoms with Gasteiger partial charge in [-0.05, 0) is 42.5 Å². The molecule has 148 valence electrons. The van der Waals surface area contributed by atoms with Crippen molar-refractivity contribution in [3.63, 3.8) is 0 Å². The Labute approximate surface area is 174 Å². The van der Waals surface area contributed by atoms with Gasteiger partial charge in [0.15, 0.2) is 4.77 Å². The van der Waals surface area contributed by atoms with Gasteiger partial charge in [0, 0.05) is 18.0 Å². The number of carbonyl (C=O) groups excluding carboxylic acids is 2. The SMILES string of the molecule is O=C(NNC(=O)c1cnccn1)c1ccc2c(=O)n(-c3ccccc3)c(=S)[nH]c2c1. The van der Waals surface area contributed by atoms with Crippen LogP contribution in [0.4, 0.5) is 0 Å². The number of fused-ring (bicyclic) bond motifs is 1. The van der Waals surface area contributed by atoms with Crippen LogP contribution in [0.2, 0.25) is 0 Å². The quantitative estimate of drug-likeness (QED) is 0.345. The fourth-order valence-corrected chi connectivity index (χ4v) is 3.14. The Hall–Kier alpha value is -4.18. The smallest absolute Gasteiger partial charge is 0.289 e. The highest BCUT2D eigenvalue weighted by atomic mass is 32.1. The van der Waals surface area contributed by atoms with E-state index in [0.29, 0.717) is 16.6 Å². The Morgan fingerprint density at radius 3 is 2.50 bits per heavy atom. The number of nitrogens with zero attached hydrogens (tertiary/aromatic N) is 3. The number of H-pyrrole nitrogens is 1. The Bertz CT molecular complexity index is 1370. The van der Waals surface area contributed by atoms with E-state index in [4.69, 9.17) is 12.2 Å². The van der Waals surface area contributed by atoms with Crippen LogP contribution in [0.3, 0.4) is 0 Å². The summed E-state index contributed by atoms with van der Waals surface area (Å²) >= 11 is 5.33. The van der Waals surface area contributed by atoms with Crippen molar-refractivity contribution in [1.82, 2.24) is 30.4 Å². The Morgan fingerprint density at radius 1 is 1.00 bits per heavy atom. The molecule has 0 aliphatic carbocycles. The monoisotopic (exact) mass is 418 g/mol. The minimum absolute atomic E-state index is 0.0573. The number of aromatic nitrogens is 4. The third-order valence-electron chi connectivity index (χ3n) is 4.26. The molecule has 2 aromatic heterocycles. The Morgan fingerprint density at radius 2 is 1.77 bits per heavy atom. The van der Waals surface area contributed by atoms with Crippen LogP contribution in [-0.2, 0) is 0 Å². The van der Waals surface area contributed by atoms with Crippen molar-refractivity contribution >= 4 is 34.9 Å². The number of aromatic amines is 1. The van der Waals surface area contributed by atoms with Crippen LogP contribution in [0.15, 0.2) is 71.9 Å². The molecule has 4 rings (SSSR count). The second kappa shape index (κ2) is 8.05. The minimum Gasteiger partial charge on any atom is -0.331 e. The molecule has 0 spiro atoms. The van der Waals surface area contributed by atoms with Gasteiger partial charge in [0.1, 0.15) is 5.69 Å². The molecule has 0 aliphatic heterocycles. The predicted molar refractivity (Wildman–Crippen MR) is 112 cm³/mol. The first-order valence-electron chi connectivity index (χ1n) is 8.76. The van der Waals surface area contributed by atoms with Crippen molar-refractivity contribution in [2.45, 2.75) is 0 Å². The van der Waals surface area contributed by atoms with Gasteiger partial charge in [-0.25, -0.2) is 4.98 Å². The molecule has 10 heteroatoms. The molecule has 0 fully saturated rings. The van der Waals surface area contributed by atoms with Gasteiger partial charge in [0.2, 0.25) is 0 Å². The maximum atomic E-state index is 12.9. The second-order valence-corrected chi connectivity index (χ2v) is 6.55. The molecule has 0 aliphatic rings. The largest absolute Gasteiger partial charge is 0.331 e. The van der Waals surface area contributed by atoms with Gasteiger partial charge in [0.25, 0.3) is 17.4 Å². The van der Waals surface area contributed by atoms with E-state index in [1.807, 2.05) is 18.2 Å². The number of amides is 2. The number of nitrogens with one attached hydrogen (secondary N) is 3. The lowest BCUT2D eigenvalue weighted by atomic mass is 10.1. The number of hydrazine groups is 1. The third-order valence-corrected chi connectivity index (χ3v) is 4.54. The van der Waals surface area contributed by atoms with E-state index in [9.17, 15) is 14.4 Å². The van der Waals surface area contributed by atoms with E-state index in [0.717, 1.165) is 0 Å². The molecule has 2 heterocycles. The molecule has 0 saturated heterocycles. The molecular weight excluding hydrogens is 404 g/mol. The van der Waals surface area contributed by atoms with Gasteiger partial charge in [0.05, 0.1) is 22.8 Å². The molecule has 0 radical (unpaired) electrons. The van der Waals surface area contributed by atoms with Crippen LogP contribution in [0.25, 0.3) is 16.6 Å². The average molecular weight is 418 g/mol. The zero-order chi connectivity index (χ0) is 21.1. The molecule has 0 bridgehead atoms. The van der Waals surface area contributed by atoms with E-state index in [1.165, 1.54) is 41.4 Å². The highest BCUT2D eigenvalue weighted by Gasteiger charge is 2.13. The maximum absolute atomic E-state index is 12.9. The second-order valence-electron chi connectivity index (χ2n) is 6.17. The van der Waals surface area contributed by atoms with Crippen LogP contribution in [0.5, 0.6) is 0 Å². The Balaban J connectivity index is 1.61. The van der Waals surface area contributed by atoms with Crippen LogP contribution in [-0.4, -0.2) is 31.3 Å². The lowest BCUT2D eigenvalue weighted by Gasteiger charge is -2.10. The van der Waals surface area contributed by atoms with Gasteiger partial charge in [-0.1, -0.05) is 18.2 Å². The Kier molecular flexibility index (Phi) is 5.14. The van der Waals surface area contributed by atoms with Gasteiger partial charge in [-0.3, -0.25) is 34.8 Å². The van der Waals surface area contributed by atoms with Crippen molar-refractivity contribution in [3.05, 3.63) is 93.5 Å². The highest BCUT2D eigenvalue weighted by molar-refractivity contribution is 7.71. The topological polar surface area (TPSA) is 122 Å². The van der Waals surface area contributed by atoms with E-state index in [2.05, 4.69) is 25.8 Å². The number of carbonyl (C=O) groups is 2. The number of hydrogen-bond donors (Lipinski definition) is 3. The summed E-state index contributed by atoms with van der Waals surface area (Å²) in [4.78, 5) is 47.9. The van der Waals surface area contributed by atoms with Crippen molar-refractivity contribution in [2.75, 3.05) is 0 Å². The summed E-state index contributed by atoms with van der Waals surface area (Å²) in [6, 6.07) is 13.5. The molecular formula is C20H14N6O3S. The van der Waals surface area contributed by atoms with E-state index in [1.54, 1.807) is 12.1 Å².